The largest absolute Gasteiger partial charge is 0.623 e. The van der Waals surface area contributed by atoms with Gasteiger partial charge in [-0.3, -0.25) is 10.1 Å². The van der Waals surface area contributed by atoms with Crippen molar-refractivity contribution in [3.05, 3.63) is 45.2 Å². The molecular formula is C11H12N2O5. The molecule has 1 aromatic rings. The highest BCUT2D eigenvalue weighted by Gasteiger charge is 2.20. The molecule has 0 aliphatic rings. The van der Waals surface area contributed by atoms with E-state index in [1.807, 2.05) is 0 Å². The molecule has 1 aromatic carbocycles. The summed E-state index contributed by atoms with van der Waals surface area (Å²) in [6.07, 6.45) is 1.17. The first-order valence-corrected chi connectivity index (χ1v) is 5.08. The smallest absolute Gasteiger partial charge is 0.376 e. The molecule has 7 nitrogen and oxygen atoms in total. The summed E-state index contributed by atoms with van der Waals surface area (Å²) < 4.78 is 4.87. The van der Waals surface area contributed by atoms with E-state index in [-0.39, 0.29) is 5.69 Å². The SMILES string of the molecule is COC(=O)[C@@H](C)/[N+]([O-])=C/c1ccc([N+](=O)[O-])cc1. The zero-order valence-corrected chi connectivity index (χ0v) is 9.90. The van der Waals surface area contributed by atoms with E-state index in [1.54, 1.807) is 0 Å². The minimum Gasteiger partial charge on any atom is -0.623 e. The fourth-order valence-electron chi connectivity index (χ4n) is 1.22. The Kier molecular flexibility index (Phi) is 4.36. The molecule has 0 saturated carbocycles. The Morgan fingerprint density at radius 1 is 1.33 bits per heavy atom. The number of rotatable bonds is 4. The summed E-state index contributed by atoms with van der Waals surface area (Å²) in [7, 11) is 1.19. The van der Waals surface area contributed by atoms with E-state index >= 15 is 0 Å². The number of nitrogens with zero attached hydrogens (tertiary/aromatic N) is 2. The molecule has 0 radical (unpaired) electrons. The summed E-state index contributed by atoms with van der Waals surface area (Å²) in [5, 5.41) is 22.0. The number of benzene rings is 1. The number of carbonyl (C=O) groups is 1. The Hall–Kier alpha value is -2.44. The van der Waals surface area contributed by atoms with Gasteiger partial charge in [0.1, 0.15) is 0 Å². The van der Waals surface area contributed by atoms with Crippen molar-refractivity contribution < 1.29 is 19.2 Å². The second kappa shape index (κ2) is 5.76. The van der Waals surface area contributed by atoms with Crippen LogP contribution in [0.3, 0.4) is 0 Å². The lowest BCUT2D eigenvalue weighted by molar-refractivity contribution is -0.479. The van der Waals surface area contributed by atoms with Gasteiger partial charge in [-0.25, -0.2) is 4.79 Å². The van der Waals surface area contributed by atoms with Crippen LogP contribution in [0.2, 0.25) is 0 Å². The van der Waals surface area contributed by atoms with Crippen LogP contribution in [0.1, 0.15) is 12.5 Å². The fourth-order valence-corrected chi connectivity index (χ4v) is 1.22. The summed E-state index contributed by atoms with van der Waals surface area (Å²) in [4.78, 5) is 21.0. The Morgan fingerprint density at radius 3 is 2.33 bits per heavy atom. The van der Waals surface area contributed by atoms with E-state index in [9.17, 15) is 20.1 Å². The molecule has 0 unspecified atom stereocenters. The van der Waals surface area contributed by atoms with E-state index in [1.165, 1.54) is 44.5 Å². The van der Waals surface area contributed by atoms with Crippen LogP contribution in [0, 0.1) is 15.3 Å². The van der Waals surface area contributed by atoms with Gasteiger partial charge in [-0.1, -0.05) is 0 Å². The van der Waals surface area contributed by atoms with Crippen LogP contribution in [0.25, 0.3) is 0 Å². The maximum absolute atomic E-state index is 11.6. The van der Waals surface area contributed by atoms with Crippen molar-refractivity contribution in [2.24, 2.45) is 0 Å². The summed E-state index contributed by atoms with van der Waals surface area (Å²) in [6.45, 7) is 1.40. The summed E-state index contributed by atoms with van der Waals surface area (Å²) in [5.41, 5.74) is 0.400. The Morgan fingerprint density at radius 2 is 1.89 bits per heavy atom. The van der Waals surface area contributed by atoms with Gasteiger partial charge in [0.05, 0.1) is 12.0 Å². The average molecular weight is 252 g/mol. The average Bonchev–Trinajstić information content (AvgIpc) is 2.37. The number of hydroxylamine groups is 1. The van der Waals surface area contributed by atoms with Crippen molar-refractivity contribution in [1.29, 1.82) is 0 Å². The van der Waals surface area contributed by atoms with Crippen LogP contribution >= 0.6 is 0 Å². The van der Waals surface area contributed by atoms with Crippen LogP contribution in [0.4, 0.5) is 5.69 Å². The predicted octanol–water partition coefficient (Wildman–Crippen LogP) is 1.09. The minimum absolute atomic E-state index is 0.0642. The number of hydrogen-bond acceptors (Lipinski definition) is 5. The molecule has 0 fully saturated rings. The zero-order chi connectivity index (χ0) is 13.7. The third kappa shape index (κ3) is 3.27. The number of ether oxygens (including phenoxy) is 1. The summed E-state index contributed by atoms with van der Waals surface area (Å²) in [6, 6.07) is 4.44. The molecule has 0 amide bonds. The minimum atomic E-state index is -0.967. The molecule has 1 rings (SSSR count). The molecule has 18 heavy (non-hydrogen) atoms. The monoisotopic (exact) mass is 252 g/mol. The van der Waals surface area contributed by atoms with Gasteiger partial charge >= 0.3 is 5.97 Å². The lowest BCUT2D eigenvalue weighted by Gasteiger charge is -2.09. The lowest BCUT2D eigenvalue weighted by atomic mass is 10.2. The molecule has 0 aromatic heterocycles. The highest BCUT2D eigenvalue weighted by atomic mass is 16.6. The predicted molar refractivity (Wildman–Crippen MR) is 63.4 cm³/mol. The van der Waals surface area contributed by atoms with E-state index < -0.39 is 16.9 Å². The zero-order valence-electron chi connectivity index (χ0n) is 9.90. The van der Waals surface area contributed by atoms with Crippen molar-refractivity contribution >= 4 is 17.9 Å². The van der Waals surface area contributed by atoms with Crippen LogP contribution in [-0.2, 0) is 9.53 Å². The maximum atomic E-state index is 11.6. The Bertz CT molecular complexity index is 481. The molecule has 0 saturated heterocycles. The topological polar surface area (TPSA) is 95.5 Å². The number of methoxy groups -OCH3 is 1. The van der Waals surface area contributed by atoms with Crippen molar-refractivity contribution in [3.8, 4) is 0 Å². The highest BCUT2D eigenvalue weighted by Crippen LogP contribution is 2.10. The van der Waals surface area contributed by atoms with E-state index in [4.69, 9.17) is 0 Å². The third-order valence-electron chi connectivity index (χ3n) is 2.30. The third-order valence-corrected chi connectivity index (χ3v) is 2.30. The number of non-ortho nitro benzene ring substituents is 1. The van der Waals surface area contributed by atoms with Crippen molar-refractivity contribution in [2.75, 3.05) is 7.11 Å². The van der Waals surface area contributed by atoms with E-state index in [0.717, 1.165) is 0 Å². The second-order valence-electron chi connectivity index (χ2n) is 3.54. The maximum Gasteiger partial charge on any atom is 0.376 e. The van der Waals surface area contributed by atoms with Crippen LogP contribution in [0.5, 0.6) is 0 Å². The fraction of sp³-hybridized carbons (Fsp3) is 0.273. The normalized spacial score (nSPS) is 12.9. The molecular weight excluding hydrogens is 240 g/mol. The standard InChI is InChI=1S/C11H12N2O5/c1-8(11(14)18-2)12(15)7-9-3-5-10(6-4-9)13(16)17/h3-8H,1-2H3/b12-7-/t8-/m1/s1. The number of hydrogen-bond donors (Lipinski definition) is 0. The van der Waals surface area contributed by atoms with Crippen molar-refractivity contribution in [2.45, 2.75) is 13.0 Å². The van der Waals surface area contributed by atoms with E-state index in [2.05, 4.69) is 4.74 Å². The van der Waals surface area contributed by atoms with Gasteiger partial charge in [0, 0.05) is 24.6 Å². The first kappa shape index (κ1) is 13.6. The van der Waals surface area contributed by atoms with Gasteiger partial charge in [0.15, 0.2) is 6.21 Å². The van der Waals surface area contributed by atoms with Gasteiger partial charge < -0.3 is 9.94 Å². The quantitative estimate of drug-likeness (QED) is 0.199. The van der Waals surface area contributed by atoms with Gasteiger partial charge in [0.25, 0.3) is 11.7 Å². The van der Waals surface area contributed by atoms with Gasteiger partial charge in [-0.15, -0.1) is 0 Å². The molecule has 0 heterocycles. The summed E-state index contributed by atoms with van der Waals surface area (Å²) >= 11 is 0. The molecule has 1 atom stereocenters. The first-order chi connectivity index (χ1) is 8.45. The lowest BCUT2D eigenvalue weighted by Crippen LogP contribution is -2.29. The number of nitro groups is 1. The van der Waals surface area contributed by atoms with E-state index in [0.29, 0.717) is 10.3 Å². The van der Waals surface area contributed by atoms with Crippen LogP contribution in [-0.4, -0.2) is 35.0 Å². The van der Waals surface area contributed by atoms with Gasteiger partial charge in [-0.2, -0.15) is 4.74 Å². The molecule has 7 heteroatoms. The van der Waals surface area contributed by atoms with Gasteiger partial charge in [-0.05, 0) is 12.1 Å². The van der Waals surface area contributed by atoms with Crippen molar-refractivity contribution in [3.63, 3.8) is 0 Å². The van der Waals surface area contributed by atoms with Gasteiger partial charge in [0.2, 0.25) is 0 Å². The number of carbonyl (C=O) groups excluding carboxylic acids is 1. The van der Waals surface area contributed by atoms with Crippen molar-refractivity contribution in [1.82, 2.24) is 0 Å². The molecule has 0 bridgehead atoms. The first-order valence-electron chi connectivity index (χ1n) is 5.08. The molecule has 0 aliphatic carbocycles. The summed E-state index contributed by atoms with van der Waals surface area (Å²) in [5.74, 6) is -0.650. The number of esters is 1. The molecule has 0 aliphatic heterocycles. The van der Waals surface area contributed by atoms with Crippen LogP contribution in [0.15, 0.2) is 24.3 Å². The second-order valence-corrected chi connectivity index (χ2v) is 3.54. The number of nitro benzene ring substituents is 1. The van der Waals surface area contributed by atoms with Crippen LogP contribution < -0.4 is 0 Å². The molecule has 0 spiro atoms. The molecule has 0 N–H and O–H groups in total. The Labute approximate surface area is 103 Å². The highest BCUT2D eigenvalue weighted by molar-refractivity contribution is 5.79. The Balaban J connectivity index is 2.88. The molecule has 96 valence electrons.